The van der Waals surface area contributed by atoms with Crippen LogP contribution in [0.4, 0.5) is 0 Å². The number of hydrazine groups is 1. The summed E-state index contributed by atoms with van der Waals surface area (Å²) < 4.78 is 5.65. The molecule has 0 radical (unpaired) electrons. The van der Waals surface area contributed by atoms with Gasteiger partial charge in [-0.1, -0.05) is 38.3 Å². The molecule has 5 heteroatoms. The summed E-state index contributed by atoms with van der Waals surface area (Å²) >= 11 is 0. The number of nitrogens with one attached hydrogen (secondary N) is 2. The first-order valence-electron chi connectivity index (χ1n) is 9.17. The van der Waals surface area contributed by atoms with Crippen LogP contribution < -0.4 is 15.6 Å². The number of carbonyl (C=O) groups excluding carboxylic acids is 2. The smallest absolute Gasteiger partial charge is 0.269 e. The second kappa shape index (κ2) is 10.5. The Morgan fingerprint density at radius 1 is 1.12 bits per heavy atom. The molecule has 1 aliphatic rings. The fourth-order valence-electron chi connectivity index (χ4n) is 2.77. The Kier molecular flexibility index (Phi) is 8.02. The standard InChI is InChI=1S/C20H28N2O3/c1-2-3-4-7-14-25-18-12-10-17(11-13-18)20(24)22-21-19(23)15-16-8-5-6-9-16/h5,8,10-13,16H,2-4,6-7,9,14-15H2,1H3,(H,21,23)(H,22,24). The summed E-state index contributed by atoms with van der Waals surface area (Å²) in [5, 5.41) is 0. The zero-order valence-electron chi connectivity index (χ0n) is 14.9. The first-order chi connectivity index (χ1) is 12.2. The van der Waals surface area contributed by atoms with Crippen molar-refractivity contribution < 1.29 is 14.3 Å². The third-order valence-electron chi connectivity index (χ3n) is 4.26. The highest BCUT2D eigenvalue weighted by Crippen LogP contribution is 2.19. The molecule has 136 valence electrons. The largest absolute Gasteiger partial charge is 0.494 e. The van der Waals surface area contributed by atoms with E-state index in [1.165, 1.54) is 19.3 Å². The van der Waals surface area contributed by atoms with E-state index in [1.54, 1.807) is 24.3 Å². The lowest BCUT2D eigenvalue weighted by atomic mass is 10.1. The molecule has 1 aliphatic carbocycles. The van der Waals surface area contributed by atoms with Crippen LogP contribution in [0.25, 0.3) is 0 Å². The first-order valence-corrected chi connectivity index (χ1v) is 9.17. The van der Waals surface area contributed by atoms with Crippen LogP contribution in [-0.4, -0.2) is 18.4 Å². The monoisotopic (exact) mass is 344 g/mol. The molecule has 0 aromatic heterocycles. The van der Waals surface area contributed by atoms with E-state index in [2.05, 4.69) is 29.9 Å². The number of benzene rings is 1. The lowest BCUT2D eigenvalue weighted by Crippen LogP contribution is -2.42. The highest BCUT2D eigenvalue weighted by molar-refractivity contribution is 5.95. The van der Waals surface area contributed by atoms with Crippen molar-refractivity contribution in [2.24, 2.45) is 5.92 Å². The number of ether oxygens (including phenoxy) is 1. The average molecular weight is 344 g/mol. The topological polar surface area (TPSA) is 67.4 Å². The molecule has 1 aromatic rings. The van der Waals surface area contributed by atoms with Crippen LogP contribution in [0.2, 0.25) is 0 Å². The second-order valence-electron chi connectivity index (χ2n) is 6.41. The van der Waals surface area contributed by atoms with Crippen molar-refractivity contribution in [3.63, 3.8) is 0 Å². The molecule has 0 heterocycles. The molecular weight excluding hydrogens is 316 g/mol. The van der Waals surface area contributed by atoms with Crippen molar-refractivity contribution in [2.75, 3.05) is 6.61 Å². The number of hydrogen-bond acceptors (Lipinski definition) is 3. The van der Waals surface area contributed by atoms with Gasteiger partial charge in [-0.25, -0.2) is 0 Å². The van der Waals surface area contributed by atoms with E-state index in [0.717, 1.165) is 25.0 Å². The molecular formula is C20H28N2O3. The van der Waals surface area contributed by atoms with Gasteiger partial charge in [0.1, 0.15) is 5.75 Å². The van der Waals surface area contributed by atoms with Crippen LogP contribution >= 0.6 is 0 Å². The maximum absolute atomic E-state index is 12.0. The minimum absolute atomic E-state index is 0.170. The Morgan fingerprint density at radius 3 is 2.60 bits per heavy atom. The fourth-order valence-corrected chi connectivity index (χ4v) is 2.77. The Hall–Kier alpha value is -2.30. The summed E-state index contributed by atoms with van der Waals surface area (Å²) in [5.74, 6) is 0.539. The summed E-state index contributed by atoms with van der Waals surface area (Å²) in [7, 11) is 0. The van der Waals surface area contributed by atoms with Crippen molar-refractivity contribution in [3.05, 3.63) is 42.0 Å². The molecule has 1 atom stereocenters. The third kappa shape index (κ3) is 6.99. The van der Waals surface area contributed by atoms with Gasteiger partial charge >= 0.3 is 0 Å². The molecule has 2 rings (SSSR count). The van der Waals surface area contributed by atoms with E-state index in [4.69, 9.17) is 4.74 Å². The van der Waals surface area contributed by atoms with Gasteiger partial charge in [0.05, 0.1) is 6.61 Å². The maximum Gasteiger partial charge on any atom is 0.269 e. The van der Waals surface area contributed by atoms with E-state index in [-0.39, 0.29) is 17.7 Å². The summed E-state index contributed by atoms with van der Waals surface area (Å²) in [6, 6.07) is 6.95. The number of hydrogen-bond donors (Lipinski definition) is 2. The second-order valence-corrected chi connectivity index (χ2v) is 6.41. The Bertz CT molecular complexity index is 581. The minimum atomic E-state index is -0.329. The van der Waals surface area contributed by atoms with Crippen molar-refractivity contribution >= 4 is 11.8 Å². The van der Waals surface area contributed by atoms with Gasteiger partial charge < -0.3 is 4.74 Å². The number of unbranched alkanes of at least 4 members (excludes halogenated alkanes) is 3. The predicted molar refractivity (Wildman–Crippen MR) is 98.2 cm³/mol. The summed E-state index contributed by atoms with van der Waals surface area (Å²) in [4.78, 5) is 23.9. The van der Waals surface area contributed by atoms with Crippen LogP contribution in [-0.2, 0) is 4.79 Å². The Labute approximate surface area is 149 Å². The zero-order valence-corrected chi connectivity index (χ0v) is 14.9. The normalized spacial score (nSPS) is 15.8. The van der Waals surface area contributed by atoms with Crippen LogP contribution in [0.5, 0.6) is 5.75 Å². The first kappa shape index (κ1) is 19.0. The van der Waals surface area contributed by atoms with E-state index in [1.807, 2.05) is 0 Å². The zero-order chi connectivity index (χ0) is 17.9. The highest BCUT2D eigenvalue weighted by atomic mass is 16.5. The Morgan fingerprint density at radius 2 is 1.92 bits per heavy atom. The van der Waals surface area contributed by atoms with Gasteiger partial charge in [0, 0.05) is 12.0 Å². The molecule has 1 unspecified atom stereocenters. The third-order valence-corrected chi connectivity index (χ3v) is 4.26. The molecule has 25 heavy (non-hydrogen) atoms. The molecule has 2 amide bonds. The highest BCUT2D eigenvalue weighted by Gasteiger charge is 2.14. The lowest BCUT2D eigenvalue weighted by Gasteiger charge is -2.10. The van der Waals surface area contributed by atoms with E-state index >= 15 is 0 Å². The van der Waals surface area contributed by atoms with Gasteiger partial charge in [0.15, 0.2) is 0 Å². The number of amides is 2. The van der Waals surface area contributed by atoms with Crippen LogP contribution in [0, 0.1) is 5.92 Å². The van der Waals surface area contributed by atoms with Crippen molar-refractivity contribution in [3.8, 4) is 5.75 Å². The van der Waals surface area contributed by atoms with Crippen LogP contribution in [0.1, 0.15) is 62.2 Å². The van der Waals surface area contributed by atoms with Gasteiger partial charge in [-0.2, -0.15) is 0 Å². The molecule has 0 bridgehead atoms. The minimum Gasteiger partial charge on any atom is -0.494 e. The molecule has 0 saturated heterocycles. The molecule has 0 spiro atoms. The average Bonchev–Trinajstić information content (AvgIpc) is 3.13. The van der Waals surface area contributed by atoms with E-state index in [9.17, 15) is 9.59 Å². The maximum atomic E-state index is 12.0. The lowest BCUT2D eigenvalue weighted by molar-refractivity contribution is -0.122. The summed E-state index contributed by atoms with van der Waals surface area (Å²) in [5.41, 5.74) is 5.41. The van der Waals surface area contributed by atoms with Crippen LogP contribution in [0.15, 0.2) is 36.4 Å². The van der Waals surface area contributed by atoms with Gasteiger partial charge in [-0.3, -0.25) is 20.4 Å². The summed E-state index contributed by atoms with van der Waals surface area (Å²) in [6.45, 7) is 2.87. The Balaban J connectivity index is 1.68. The number of carbonyl (C=O) groups is 2. The summed E-state index contributed by atoms with van der Waals surface area (Å²) in [6.07, 6.45) is 11.2. The molecule has 0 fully saturated rings. The number of allylic oxidation sites excluding steroid dienone is 2. The van der Waals surface area contributed by atoms with Gasteiger partial charge in [0.2, 0.25) is 5.91 Å². The predicted octanol–water partition coefficient (Wildman–Crippen LogP) is 3.76. The van der Waals surface area contributed by atoms with Crippen molar-refractivity contribution in [2.45, 2.75) is 51.9 Å². The molecule has 5 nitrogen and oxygen atoms in total. The van der Waals surface area contributed by atoms with Gasteiger partial charge in [-0.15, -0.1) is 0 Å². The van der Waals surface area contributed by atoms with Crippen molar-refractivity contribution in [1.29, 1.82) is 0 Å². The van der Waals surface area contributed by atoms with Crippen LogP contribution in [0.3, 0.4) is 0 Å². The van der Waals surface area contributed by atoms with Gasteiger partial charge in [0.25, 0.3) is 5.91 Å². The van der Waals surface area contributed by atoms with E-state index in [0.29, 0.717) is 18.6 Å². The molecule has 1 aromatic carbocycles. The number of rotatable bonds is 9. The SMILES string of the molecule is CCCCCCOc1ccc(C(=O)NNC(=O)CC2C=CCC2)cc1. The fraction of sp³-hybridized carbons (Fsp3) is 0.500. The van der Waals surface area contributed by atoms with Gasteiger partial charge in [-0.05, 0) is 49.4 Å². The van der Waals surface area contributed by atoms with Crippen molar-refractivity contribution in [1.82, 2.24) is 10.9 Å². The quantitative estimate of drug-likeness (QED) is 0.407. The van der Waals surface area contributed by atoms with E-state index < -0.39 is 0 Å². The molecule has 0 saturated carbocycles. The molecule has 0 aliphatic heterocycles. The molecule has 2 N–H and O–H groups in total.